The minimum atomic E-state index is -0.596. The molecule has 1 aromatic rings. The van der Waals surface area contributed by atoms with E-state index in [2.05, 4.69) is 21.2 Å². The van der Waals surface area contributed by atoms with Crippen molar-refractivity contribution in [3.63, 3.8) is 0 Å². The number of benzene rings is 1. The summed E-state index contributed by atoms with van der Waals surface area (Å²) in [6.45, 7) is 4.51. The summed E-state index contributed by atoms with van der Waals surface area (Å²) in [5, 5.41) is 3.13. The Balaban J connectivity index is 1.99. The first-order valence-electron chi connectivity index (χ1n) is 9.24. The van der Waals surface area contributed by atoms with E-state index in [0.717, 1.165) is 22.9 Å². The van der Waals surface area contributed by atoms with Crippen LogP contribution in [0.4, 0.5) is 0 Å². The molecule has 0 radical (unpaired) electrons. The molecule has 0 aromatic heterocycles. The second-order valence-electron chi connectivity index (χ2n) is 6.88. The molecule has 1 fully saturated rings. The number of nitrogens with one attached hydrogen (secondary N) is 1. The van der Waals surface area contributed by atoms with Crippen molar-refractivity contribution in [3.05, 3.63) is 56.8 Å². The minimum Gasteiger partial charge on any atom is -0.466 e. The van der Waals surface area contributed by atoms with Gasteiger partial charge < -0.3 is 19.5 Å². The Labute approximate surface area is 173 Å². The third-order valence-corrected chi connectivity index (χ3v) is 5.75. The fourth-order valence-electron chi connectivity index (χ4n) is 3.69. The molecule has 1 saturated heterocycles. The quantitative estimate of drug-likeness (QED) is 0.692. The maximum Gasteiger partial charge on any atom is 0.336 e. The van der Waals surface area contributed by atoms with E-state index in [1.165, 1.54) is 7.11 Å². The van der Waals surface area contributed by atoms with Crippen LogP contribution in [-0.4, -0.2) is 38.4 Å². The number of hydrogen-bond acceptors (Lipinski definition) is 6. The van der Waals surface area contributed by atoms with Crippen molar-refractivity contribution in [3.8, 4) is 0 Å². The van der Waals surface area contributed by atoms with Gasteiger partial charge in [0, 0.05) is 22.5 Å². The third kappa shape index (κ3) is 4.15. The van der Waals surface area contributed by atoms with Crippen LogP contribution in [0.5, 0.6) is 0 Å². The Morgan fingerprint density at radius 2 is 1.86 bits per heavy atom. The molecule has 1 N–H and O–H groups in total. The van der Waals surface area contributed by atoms with Gasteiger partial charge in [0.2, 0.25) is 0 Å². The molecule has 0 aliphatic carbocycles. The van der Waals surface area contributed by atoms with Gasteiger partial charge >= 0.3 is 11.9 Å². The predicted octanol–water partition coefficient (Wildman–Crippen LogP) is 3.58. The van der Waals surface area contributed by atoms with Gasteiger partial charge in [0.15, 0.2) is 0 Å². The molecule has 2 aliphatic rings. The highest BCUT2D eigenvalue weighted by Crippen LogP contribution is 2.41. The first-order valence-corrected chi connectivity index (χ1v) is 10.0. The van der Waals surface area contributed by atoms with Gasteiger partial charge in [-0.05, 0) is 38.3 Å². The highest BCUT2D eigenvalue weighted by Gasteiger charge is 2.38. The number of hydrogen-bond donors (Lipinski definition) is 1. The zero-order valence-corrected chi connectivity index (χ0v) is 17.8. The number of rotatable bonds is 5. The number of carbonyl (C=O) groups excluding carboxylic acids is 2. The Morgan fingerprint density at radius 3 is 2.46 bits per heavy atom. The molecule has 0 amide bonds. The lowest BCUT2D eigenvalue weighted by Gasteiger charge is -2.31. The monoisotopic (exact) mass is 449 g/mol. The van der Waals surface area contributed by atoms with Crippen LogP contribution in [0.3, 0.4) is 0 Å². The molecule has 0 saturated carbocycles. The van der Waals surface area contributed by atoms with Crippen molar-refractivity contribution in [2.24, 2.45) is 0 Å². The number of dihydropyridines is 1. The van der Waals surface area contributed by atoms with Gasteiger partial charge in [-0.3, -0.25) is 0 Å². The van der Waals surface area contributed by atoms with Crippen LogP contribution >= 0.6 is 15.9 Å². The van der Waals surface area contributed by atoms with E-state index in [1.54, 1.807) is 6.92 Å². The van der Waals surface area contributed by atoms with E-state index < -0.39 is 17.9 Å². The SMILES string of the molecule is COC(=O)C1=C(C)NC(C)=C(C(=O)OC[C@@H]2CCCO2)[C@@H]1c1ccccc1Br. The zero-order chi connectivity index (χ0) is 20.3. The Hall–Kier alpha value is -2.12. The molecule has 2 atom stereocenters. The molecule has 0 bridgehead atoms. The molecular formula is C21H24BrNO5. The molecule has 0 spiro atoms. The first-order chi connectivity index (χ1) is 13.4. The Kier molecular flexibility index (Phi) is 6.57. The molecule has 0 unspecified atom stereocenters. The van der Waals surface area contributed by atoms with E-state index in [4.69, 9.17) is 14.2 Å². The largest absolute Gasteiger partial charge is 0.466 e. The fraction of sp³-hybridized carbons (Fsp3) is 0.429. The van der Waals surface area contributed by atoms with Gasteiger partial charge in [-0.25, -0.2) is 9.59 Å². The maximum absolute atomic E-state index is 13.1. The number of carbonyl (C=O) groups is 2. The lowest BCUT2D eigenvalue weighted by atomic mass is 9.80. The van der Waals surface area contributed by atoms with Gasteiger partial charge in [0.25, 0.3) is 0 Å². The predicted molar refractivity (Wildman–Crippen MR) is 107 cm³/mol. The lowest BCUT2D eigenvalue weighted by molar-refractivity contribution is -0.142. The molecular weight excluding hydrogens is 426 g/mol. The van der Waals surface area contributed by atoms with E-state index in [9.17, 15) is 9.59 Å². The van der Waals surface area contributed by atoms with Gasteiger partial charge in [0.1, 0.15) is 6.61 Å². The summed E-state index contributed by atoms with van der Waals surface area (Å²) in [5.41, 5.74) is 2.90. The molecule has 150 valence electrons. The zero-order valence-electron chi connectivity index (χ0n) is 16.2. The number of halogens is 1. The van der Waals surface area contributed by atoms with Crippen molar-refractivity contribution in [2.45, 2.75) is 38.7 Å². The summed E-state index contributed by atoms with van der Waals surface area (Å²) in [7, 11) is 1.33. The minimum absolute atomic E-state index is 0.0688. The normalized spacial score (nSPS) is 22.1. The van der Waals surface area contributed by atoms with E-state index in [0.29, 0.717) is 29.1 Å². The Bertz CT molecular complexity index is 839. The van der Waals surface area contributed by atoms with Crippen molar-refractivity contribution < 1.29 is 23.8 Å². The maximum atomic E-state index is 13.1. The van der Waals surface area contributed by atoms with Crippen LogP contribution in [0.25, 0.3) is 0 Å². The van der Waals surface area contributed by atoms with Crippen LogP contribution in [0.1, 0.15) is 38.2 Å². The molecule has 2 aliphatic heterocycles. The van der Waals surface area contributed by atoms with Gasteiger partial charge in [0.05, 0.1) is 30.3 Å². The van der Waals surface area contributed by atoms with Crippen molar-refractivity contribution in [2.75, 3.05) is 20.3 Å². The number of allylic oxidation sites excluding steroid dienone is 2. The third-order valence-electron chi connectivity index (χ3n) is 5.03. The highest BCUT2D eigenvalue weighted by molar-refractivity contribution is 9.10. The smallest absolute Gasteiger partial charge is 0.336 e. The second kappa shape index (κ2) is 8.92. The van der Waals surface area contributed by atoms with Crippen molar-refractivity contribution >= 4 is 27.9 Å². The number of ether oxygens (including phenoxy) is 3. The fourth-order valence-corrected chi connectivity index (χ4v) is 4.20. The van der Waals surface area contributed by atoms with Crippen molar-refractivity contribution in [1.82, 2.24) is 5.32 Å². The molecule has 6 nitrogen and oxygen atoms in total. The van der Waals surface area contributed by atoms with Gasteiger partial charge in [-0.15, -0.1) is 0 Å². The average molecular weight is 450 g/mol. The van der Waals surface area contributed by atoms with E-state index in [-0.39, 0.29) is 12.7 Å². The number of esters is 2. The second-order valence-corrected chi connectivity index (χ2v) is 7.74. The summed E-state index contributed by atoms with van der Waals surface area (Å²) in [5.74, 6) is -1.54. The summed E-state index contributed by atoms with van der Waals surface area (Å²) in [4.78, 5) is 25.6. The van der Waals surface area contributed by atoms with E-state index >= 15 is 0 Å². The molecule has 7 heteroatoms. The first kappa shape index (κ1) is 20.6. The van der Waals surface area contributed by atoms with Crippen LogP contribution < -0.4 is 5.32 Å². The van der Waals surface area contributed by atoms with Crippen LogP contribution in [0, 0.1) is 0 Å². The molecule has 3 rings (SSSR count). The molecule has 2 heterocycles. The van der Waals surface area contributed by atoms with Crippen molar-refractivity contribution in [1.29, 1.82) is 0 Å². The Morgan fingerprint density at radius 1 is 1.18 bits per heavy atom. The van der Waals surface area contributed by atoms with Crippen LogP contribution in [0.2, 0.25) is 0 Å². The summed E-state index contributed by atoms with van der Waals surface area (Å²) in [6, 6.07) is 7.52. The summed E-state index contributed by atoms with van der Waals surface area (Å²) >= 11 is 3.55. The summed E-state index contributed by atoms with van der Waals surface area (Å²) < 4.78 is 16.9. The average Bonchev–Trinajstić information content (AvgIpc) is 3.19. The molecule has 1 aromatic carbocycles. The molecule has 28 heavy (non-hydrogen) atoms. The lowest BCUT2D eigenvalue weighted by Crippen LogP contribution is -2.33. The van der Waals surface area contributed by atoms with Crippen LogP contribution in [-0.2, 0) is 23.8 Å². The summed E-state index contributed by atoms with van der Waals surface area (Å²) in [6.07, 6.45) is 1.78. The van der Waals surface area contributed by atoms with Gasteiger partial charge in [-0.1, -0.05) is 34.1 Å². The topological polar surface area (TPSA) is 73.9 Å². The highest BCUT2D eigenvalue weighted by atomic mass is 79.9. The number of methoxy groups -OCH3 is 1. The van der Waals surface area contributed by atoms with E-state index in [1.807, 2.05) is 31.2 Å². The standard InChI is InChI=1S/C21H24BrNO5/c1-12-17(20(24)26-3)19(15-8-4-5-9-16(15)22)18(13(2)23-12)21(25)28-11-14-7-6-10-27-14/h4-5,8-9,14,19,23H,6-7,10-11H2,1-3H3/t14-,19+/m0/s1. The van der Waals surface area contributed by atoms with Gasteiger partial charge in [-0.2, -0.15) is 0 Å². The van der Waals surface area contributed by atoms with Crippen LogP contribution in [0.15, 0.2) is 51.3 Å².